The first-order valence-electron chi connectivity index (χ1n) is 40.0. The third-order valence-electron chi connectivity index (χ3n) is 18.3. The van der Waals surface area contributed by atoms with E-state index in [9.17, 15) is 43.2 Å². The van der Waals surface area contributed by atoms with Crippen LogP contribution in [0.15, 0.2) is 0 Å². The van der Waals surface area contributed by atoms with Gasteiger partial charge in [-0.1, -0.05) is 350 Å². The fourth-order valence-corrected chi connectivity index (χ4v) is 13.4. The highest BCUT2D eigenvalue weighted by Crippen LogP contribution is 2.45. The second-order valence-corrected chi connectivity index (χ2v) is 31.4. The molecule has 19 heteroatoms. The van der Waals surface area contributed by atoms with Gasteiger partial charge in [0.05, 0.1) is 26.4 Å². The van der Waals surface area contributed by atoms with Gasteiger partial charge in [0.15, 0.2) is 12.2 Å². The number of aliphatic hydroxyl groups is 1. The molecular weight excluding hydrogens is 1260 g/mol. The molecule has 0 aliphatic heterocycles. The molecule has 0 amide bonds. The second kappa shape index (κ2) is 68.8. The van der Waals surface area contributed by atoms with Gasteiger partial charge >= 0.3 is 39.5 Å². The summed E-state index contributed by atoms with van der Waals surface area (Å²) in [5.41, 5.74) is 0. The SMILES string of the molecule is CCCCCCCCCCCCCCCCCCCC(=O)OC[C@H](COP(=O)(O)OC[C@@H](O)COP(=O)(O)OC[C@@H](COC(=O)CCCCCCCCCC)OC(=O)CCCCCCCCCCC(C)CC)OC(=O)CCCCCCCCCCCCCCCCCCC(C)C. The Labute approximate surface area is 588 Å². The second-order valence-electron chi connectivity index (χ2n) is 28.5. The largest absolute Gasteiger partial charge is 0.472 e. The van der Waals surface area contributed by atoms with Crippen molar-refractivity contribution >= 4 is 39.5 Å². The number of phosphoric acid groups is 2. The van der Waals surface area contributed by atoms with E-state index < -0.39 is 97.5 Å². The van der Waals surface area contributed by atoms with Gasteiger partial charge < -0.3 is 33.8 Å². The van der Waals surface area contributed by atoms with Crippen molar-refractivity contribution in [1.29, 1.82) is 0 Å². The van der Waals surface area contributed by atoms with Crippen molar-refractivity contribution in [2.45, 2.75) is 419 Å². The van der Waals surface area contributed by atoms with Gasteiger partial charge in [0.25, 0.3) is 0 Å². The van der Waals surface area contributed by atoms with E-state index in [1.807, 2.05) is 0 Å². The summed E-state index contributed by atoms with van der Waals surface area (Å²) in [5, 5.41) is 10.6. The molecule has 0 aliphatic rings. The summed E-state index contributed by atoms with van der Waals surface area (Å²) in [5.74, 6) is -0.539. The van der Waals surface area contributed by atoms with Crippen LogP contribution < -0.4 is 0 Å². The van der Waals surface area contributed by atoms with Crippen LogP contribution in [0.5, 0.6) is 0 Å². The first-order valence-corrected chi connectivity index (χ1v) is 43.0. The van der Waals surface area contributed by atoms with Crippen molar-refractivity contribution < 1.29 is 80.2 Å². The lowest BCUT2D eigenvalue weighted by atomic mass is 9.99. The molecule has 0 aromatic heterocycles. The van der Waals surface area contributed by atoms with Crippen molar-refractivity contribution in [3.8, 4) is 0 Å². The molecule has 0 fully saturated rings. The first kappa shape index (κ1) is 94.1. The van der Waals surface area contributed by atoms with E-state index in [4.69, 9.17) is 37.0 Å². The fraction of sp³-hybridized carbons (Fsp3) is 0.948. The number of ether oxygens (including phenoxy) is 4. The van der Waals surface area contributed by atoms with E-state index in [1.54, 1.807) is 0 Å². The molecule has 6 atom stereocenters. The number of carbonyl (C=O) groups excluding carboxylic acids is 4. The molecule has 3 unspecified atom stereocenters. The highest BCUT2D eigenvalue weighted by atomic mass is 31.2. The third-order valence-corrected chi connectivity index (χ3v) is 20.2. The Morgan fingerprint density at radius 3 is 0.792 bits per heavy atom. The zero-order valence-corrected chi connectivity index (χ0v) is 64.5. The Morgan fingerprint density at radius 1 is 0.302 bits per heavy atom. The predicted molar refractivity (Wildman–Crippen MR) is 391 cm³/mol. The molecule has 3 N–H and O–H groups in total. The molecule has 0 heterocycles. The molecule has 0 spiro atoms. The van der Waals surface area contributed by atoms with Crippen molar-refractivity contribution in [3.63, 3.8) is 0 Å². The predicted octanol–water partition coefficient (Wildman–Crippen LogP) is 22.7. The first-order chi connectivity index (χ1) is 46.4. The van der Waals surface area contributed by atoms with Crippen molar-refractivity contribution in [1.82, 2.24) is 0 Å². The van der Waals surface area contributed by atoms with Gasteiger partial charge in [0.1, 0.15) is 19.3 Å². The zero-order valence-electron chi connectivity index (χ0n) is 62.7. The number of phosphoric ester groups is 2. The molecule has 17 nitrogen and oxygen atoms in total. The zero-order chi connectivity index (χ0) is 70.7. The summed E-state index contributed by atoms with van der Waals surface area (Å²) >= 11 is 0. The molecule has 0 aliphatic carbocycles. The molecule has 0 saturated heterocycles. The van der Waals surface area contributed by atoms with Crippen molar-refractivity contribution in [2.75, 3.05) is 39.6 Å². The van der Waals surface area contributed by atoms with Gasteiger partial charge in [0.2, 0.25) is 0 Å². The average Bonchev–Trinajstić information content (AvgIpc) is 1.14. The van der Waals surface area contributed by atoms with E-state index in [0.717, 1.165) is 108 Å². The van der Waals surface area contributed by atoms with Gasteiger partial charge in [-0.25, -0.2) is 9.13 Å². The molecule has 0 aromatic carbocycles. The molecule has 96 heavy (non-hydrogen) atoms. The Balaban J connectivity index is 5.21. The molecule has 0 rings (SSSR count). The molecule has 0 aromatic rings. The van der Waals surface area contributed by atoms with Crippen LogP contribution in [0.3, 0.4) is 0 Å². The summed E-state index contributed by atoms with van der Waals surface area (Å²) in [6.07, 6.45) is 56.9. The highest BCUT2D eigenvalue weighted by Gasteiger charge is 2.30. The normalized spacial score (nSPS) is 14.3. The quantitative estimate of drug-likeness (QED) is 0.0222. The Hall–Kier alpha value is -1.94. The number of aliphatic hydroxyl groups excluding tert-OH is 1. The maximum absolute atomic E-state index is 13.1. The van der Waals surface area contributed by atoms with Gasteiger partial charge in [0, 0.05) is 25.7 Å². The van der Waals surface area contributed by atoms with Gasteiger partial charge in [-0.2, -0.15) is 0 Å². The van der Waals surface area contributed by atoms with Crippen LogP contribution >= 0.6 is 15.6 Å². The summed E-state index contributed by atoms with van der Waals surface area (Å²) in [4.78, 5) is 72.8. The Bertz CT molecular complexity index is 1860. The minimum Gasteiger partial charge on any atom is -0.462 e. The lowest BCUT2D eigenvalue weighted by Crippen LogP contribution is -2.30. The van der Waals surface area contributed by atoms with E-state index in [1.165, 1.54) is 212 Å². The van der Waals surface area contributed by atoms with E-state index in [-0.39, 0.29) is 25.7 Å². The summed E-state index contributed by atoms with van der Waals surface area (Å²) in [6, 6.07) is 0. The maximum Gasteiger partial charge on any atom is 0.472 e. The summed E-state index contributed by atoms with van der Waals surface area (Å²) in [7, 11) is -9.91. The van der Waals surface area contributed by atoms with Crippen LogP contribution in [-0.2, 0) is 65.4 Å². The third kappa shape index (κ3) is 69.2. The van der Waals surface area contributed by atoms with Crippen LogP contribution in [0.1, 0.15) is 401 Å². The number of rotatable bonds is 76. The van der Waals surface area contributed by atoms with Gasteiger partial charge in [-0.3, -0.25) is 37.3 Å². The minimum absolute atomic E-state index is 0.105. The number of unbranched alkanes of at least 4 members (excludes halogenated alkanes) is 45. The van der Waals surface area contributed by atoms with Crippen molar-refractivity contribution in [2.24, 2.45) is 11.8 Å². The van der Waals surface area contributed by atoms with Crippen LogP contribution in [0, 0.1) is 11.8 Å². The molecule has 0 bridgehead atoms. The van der Waals surface area contributed by atoms with Gasteiger partial charge in [-0.15, -0.1) is 0 Å². The summed E-state index contributed by atoms with van der Waals surface area (Å²) < 4.78 is 68.5. The van der Waals surface area contributed by atoms with Crippen LogP contribution in [0.25, 0.3) is 0 Å². The molecule has 0 saturated carbocycles. The van der Waals surface area contributed by atoms with E-state index in [0.29, 0.717) is 25.7 Å². The molecular formula is C77H150O17P2. The van der Waals surface area contributed by atoms with Crippen LogP contribution in [-0.4, -0.2) is 96.7 Å². The molecule has 0 radical (unpaired) electrons. The standard InChI is InChI=1S/C77H150O17P2/c1-7-10-12-14-16-18-19-20-21-22-26-29-32-35-42-48-54-60-75(80)88-66-73(93-76(81)61-55-49-43-36-33-30-27-24-23-25-28-31-34-39-45-51-57-69(4)5)68-92-96(85,86)90-64-71(78)63-89-95(83,84)91-67-72(65-87-74(79)59-53-47-41-17-15-13-11-8-2)94-77(82)62-56-50-44-38-37-40-46-52-58-70(6)9-3/h69-73,78H,7-68H2,1-6H3,(H,83,84)(H,85,86)/t70?,71-,72+,73+/m0/s1. The molecule has 570 valence electrons. The smallest absolute Gasteiger partial charge is 0.462 e. The monoisotopic (exact) mass is 1410 g/mol. The number of esters is 4. The van der Waals surface area contributed by atoms with Gasteiger partial charge in [-0.05, 0) is 37.5 Å². The lowest BCUT2D eigenvalue weighted by Gasteiger charge is -2.21. The van der Waals surface area contributed by atoms with E-state index in [2.05, 4.69) is 41.5 Å². The van der Waals surface area contributed by atoms with Crippen LogP contribution in [0.2, 0.25) is 0 Å². The van der Waals surface area contributed by atoms with E-state index >= 15 is 0 Å². The van der Waals surface area contributed by atoms with Crippen LogP contribution in [0.4, 0.5) is 0 Å². The highest BCUT2D eigenvalue weighted by molar-refractivity contribution is 7.47. The summed E-state index contributed by atoms with van der Waals surface area (Å²) in [6.45, 7) is 9.60. The number of hydrogen-bond donors (Lipinski definition) is 3. The number of hydrogen-bond acceptors (Lipinski definition) is 15. The minimum atomic E-state index is -4.96. The average molecular weight is 1410 g/mol. The fourth-order valence-electron chi connectivity index (χ4n) is 11.8. The number of carbonyl (C=O) groups is 4. The maximum atomic E-state index is 13.1. The van der Waals surface area contributed by atoms with Crippen molar-refractivity contribution in [3.05, 3.63) is 0 Å². The Morgan fingerprint density at radius 2 is 0.531 bits per heavy atom. The lowest BCUT2D eigenvalue weighted by molar-refractivity contribution is -0.161. The Kier molecular flexibility index (Phi) is 67.4. The topological polar surface area (TPSA) is 237 Å².